The van der Waals surface area contributed by atoms with Gasteiger partial charge in [0.2, 0.25) is 0 Å². The van der Waals surface area contributed by atoms with E-state index in [1.807, 2.05) is 121 Å². The van der Waals surface area contributed by atoms with Crippen LogP contribution in [-0.2, 0) is 0 Å². The summed E-state index contributed by atoms with van der Waals surface area (Å²) in [5.74, 6) is -4.17. The van der Waals surface area contributed by atoms with Crippen LogP contribution < -0.4 is 21.2 Å². The van der Waals surface area contributed by atoms with Gasteiger partial charge in [0.25, 0.3) is 0 Å². The van der Waals surface area contributed by atoms with Gasteiger partial charge in [0, 0.05) is 0 Å². The molecule has 0 aromatic heterocycles. The third kappa shape index (κ3) is 4.51. The molecule has 0 bridgehead atoms. The van der Waals surface area contributed by atoms with Crippen molar-refractivity contribution in [2.75, 3.05) is 0 Å². The standard InChI is InChI=1S/C33H27ClNOP/c34-37(29-20-10-3-11-21-29,30-22-12-4-13-23-30,31-24-14-5-15-25-31)32(26-27-16-6-1-7-17-27)35-33(36)28-18-8-2-9-19-28/h1-26H,(H,35,36). The second-order valence-electron chi connectivity index (χ2n) is 8.78. The molecule has 1 amide bonds. The summed E-state index contributed by atoms with van der Waals surface area (Å²) < 4.78 is 0. The Hall–Kier alpha value is -3.97. The van der Waals surface area contributed by atoms with Crippen LogP contribution in [0.1, 0.15) is 15.9 Å². The Kier molecular flexibility index (Phi) is 7.06. The molecule has 0 spiro atoms. The second-order valence-corrected chi connectivity index (χ2v) is 14.9. The number of hydrogen-bond acceptors (Lipinski definition) is 1. The molecule has 0 unspecified atom stereocenters. The fraction of sp³-hybridized carbons (Fsp3) is 0. The first-order valence-electron chi connectivity index (χ1n) is 12.1. The number of nitrogens with one attached hydrogen (secondary N) is 1. The number of hydrogen-bond donors (Lipinski definition) is 1. The Morgan fingerprint density at radius 3 is 1.30 bits per heavy atom. The molecule has 0 heterocycles. The maximum absolute atomic E-state index is 13.7. The van der Waals surface area contributed by atoms with E-state index in [2.05, 4.69) is 41.7 Å². The van der Waals surface area contributed by atoms with E-state index in [0.29, 0.717) is 11.0 Å². The van der Waals surface area contributed by atoms with Crippen LogP contribution in [0.4, 0.5) is 0 Å². The van der Waals surface area contributed by atoms with Gasteiger partial charge in [-0.25, -0.2) is 0 Å². The zero-order chi connectivity index (χ0) is 25.6. The molecule has 0 aliphatic carbocycles. The molecule has 2 nitrogen and oxygen atoms in total. The van der Waals surface area contributed by atoms with Gasteiger partial charge in [0.1, 0.15) is 0 Å². The van der Waals surface area contributed by atoms with Gasteiger partial charge in [-0.2, -0.15) is 0 Å². The van der Waals surface area contributed by atoms with E-state index in [9.17, 15) is 4.79 Å². The van der Waals surface area contributed by atoms with Crippen LogP contribution in [0.3, 0.4) is 0 Å². The van der Waals surface area contributed by atoms with Crippen LogP contribution in [0.5, 0.6) is 0 Å². The molecule has 0 saturated heterocycles. The van der Waals surface area contributed by atoms with Gasteiger partial charge in [-0.3, -0.25) is 0 Å². The molecule has 0 aliphatic rings. The second kappa shape index (κ2) is 10.6. The van der Waals surface area contributed by atoms with Crippen LogP contribution in [0.2, 0.25) is 0 Å². The summed E-state index contributed by atoms with van der Waals surface area (Å²) in [4.78, 5) is 13.7. The van der Waals surface area contributed by atoms with Gasteiger partial charge in [-0.15, -0.1) is 0 Å². The first kappa shape index (κ1) is 24.7. The number of benzene rings is 5. The summed E-state index contributed by atoms with van der Waals surface area (Å²) in [5, 5.41) is 6.15. The predicted molar refractivity (Wildman–Crippen MR) is 159 cm³/mol. The van der Waals surface area contributed by atoms with Crippen molar-refractivity contribution in [2.45, 2.75) is 0 Å². The summed E-state index contributed by atoms with van der Waals surface area (Å²) >= 11 is 8.37. The number of carbonyl (C=O) groups excluding carboxylic acids is 1. The van der Waals surface area contributed by atoms with E-state index >= 15 is 0 Å². The topological polar surface area (TPSA) is 29.1 Å². The van der Waals surface area contributed by atoms with Gasteiger partial charge in [-0.05, 0) is 0 Å². The van der Waals surface area contributed by atoms with Crippen molar-refractivity contribution in [1.29, 1.82) is 0 Å². The first-order chi connectivity index (χ1) is 18.1. The van der Waals surface area contributed by atoms with Gasteiger partial charge in [0.15, 0.2) is 0 Å². The molecule has 5 rings (SSSR count). The third-order valence-corrected chi connectivity index (χ3v) is 13.8. The van der Waals surface area contributed by atoms with E-state index in [1.54, 1.807) is 0 Å². The molecule has 0 radical (unpaired) electrons. The summed E-state index contributed by atoms with van der Waals surface area (Å²) in [6.45, 7) is 0. The Morgan fingerprint density at radius 1 is 0.541 bits per heavy atom. The molecule has 0 saturated carbocycles. The molecule has 0 atom stereocenters. The molecular formula is C33H27ClNOP. The van der Waals surface area contributed by atoms with Crippen molar-refractivity contribution in [1.82, 2.24) is 5.32 Å². The maximum atomic E-state index is 13.7. The van der Waals surface area contributed by atoms with Crippen molar-refractivity contribution >= 4 is 45.1 Å². The van der Waals surface area contributed by atoms with Gasteiger partial charge < -0.3 is 0 Å². The van der Waals surface area contributed by atoms with E-state index in [1.165, 1.54) is 0 Å². The number of halogens is 1. The Labute approximate surface area is 223 Å². The zero-order valence-electron chi connectivity index (χ0n) is 20.2. The van der Waals surface area contributed by atoms with Crippen molar-refractivity contribution < 1.29 is 4.79 Å². The number of rotatable bonds is 7. The van der Waals surface area contributed by atoms with Crippen LogP contribution in [0, 0.1) is 0 Å². The summed E-state index contributed by atoms with van der Waals surface area (Å²) in [5.41, 5.74) is 2.18. The van der Waals surface area contributed by atoms with Crippen LogP contribution in [0.15, 0.2) is 157 Å². The minimum atomic E-state index is -3.96. The fourth-order valence-electron chi connectivity index (χ4n) is 4.74. The van der Waals surface area contributed by atoms with Gasteiger partial charge >= 0.3 is 223 Å². The quantitative estimate of drug-likeness (QED) is 0.228. The van der Waals surface area contributed by atoms with E-state index < -0.39 is 5.96 Å². The van der Waals surface area contributed by atoms with E-state index in [0.717, 1.165) is 21.5 Å². The molecule has 0 fully saturated rings. The van der Waals surface area contributed by atoms with Crippen LogP contribution >= 0.6 is 17.2 Å². The monoisotopic (exact) mass is 519 g/mol. The van der Waals surface area contributed by atoms with Crippen molar-refractivity contribution in [3.05, 3.63) is 168 Å². The van der Waals surface area contributed by atoms with Crippen molar-refractivity contribution in [3.63, 3.8) is 0 Å². The van der Waals surface area contributed by atoms with E-state index in [4.69, 9.17) is 11.2 Å². The first-order valence-corrected chi connectivity index (χ1v) is 15.3. The third-order valence-electron chi connectivity index (χ3n) is 6.56. The van der Waals surface area contributed by atoms with Crippen molar-refractivity contribution in [3.8, 4) is 0 Å². The average Bonchev–Trinajstić information content (AvgIpc) is 2.99. The summed E-state index contributed by atoms with van der Waals surface area (Å²) in [7, 11) is 0. The van der Waals surface area contributed by atoms with E-state index in [-0.39, 0.29) is 5.91 Å². The Balaban J connectivity index is 1.89. The average molecular weight is 520 g/mol. The number of carbonyl (C=O) groups is 1. The molecule has 1 N–H and O–H groups in total. The van der Waals surface area contributed by atoms with Crippen molar-refractivity contribution in [2.24, 2.45) is 0 Å². The Morgan fingerprint density at radius 2 is 0.892 bits per heavy atom. The fourth-order valence-corrected chi connectivity index (χ4v) is 10.7. The van der Waals surface area contributed by atoms with Crippen LogP contribution in [-0.4, -0.2) is 5.91 Å². The van der Waals surface area contributed by atoms with Gasteiger partial charge in [0.05, 0.1) is 0 Å². The molecule has 37 heavy (non-hydrogen) atoms. The predicted octanol–water partition coefficient (Wildman–Crippen LogP) is 7.10. The van der Waals surface area contributed by atoms with Gasteiger partial charge in [-0.1, -0.05) is 0 Å². The zero-order valence-corrected chi connectivity index (χ0v) is 21.9. The number of amides is 1. The summed E-state index contributed by atoms with van der Waals surface area (Å²) in [6.07, 6.45) is 2.03. The molecular weight excluding hydrogens is 493 g/mol. The Bertz CT molecular complexity index is 1410. The molecule has 4 heteroatoms. The molecule has 182 valence electrons. The molecule has 5 aromatic rings. The summed E-state index contributed by atoms with van der Waals surface area (Å²) in [6, 6.07) is 49.6. The SMILES string of the molecule is O=C(NC(=Cc1ccccc1)P(Cl)(c1ccccc1)(c1ccccc1)c1ccccc1)c1ccccc1. The van der Waals surface area contributed by atoms with Crippen LogP contribution in [0.25, 0.3) is 6.08 Å². The molecule has 0 aliphatic heterocycles. The molecule has 5 aromatic carbocycles. The minimum absolute atomic E-state index is 0.208. The normalized spacial score (nSPS) is 12.8.